The Morgan fingerprint density at radius 2 is 2.00 bits per heavy atom. The van der Waals surface area contributed by atoms with E-state index in [1.165, 1.54) is 19.9 Å². The summed E-state index contributed by atoms with van der Waals surface area (Å²) in [6, 6.07) is 0. The number of aryl methyl sites for hydroxylation is 1. The van der Waals surface area contributed by atoms with Crippen molar-refractivity contribution >= 4 is 21.5 Å². The number of rotatable bonds is 10. The molecule has 0 spiro atoms. The van der Waals surface area contributed by atoms with Gasteiger partial charge < -0.3 is 5.32 Å². The molecule has 0 aliphatic heterocycles. The van der Waals surface area contributed by atoms with Crippen LogP contribution in [0.3, 0.4) is 0 Å². The Hall–Kier alpha value is -0.540. The van der Waals surface area contributed by atoms with Gasteiger partial charge in [0.2, 0.25) is 0 Å². The molecule has 0 saturated carbocycles. The van der Waals surface area contributed by atoms with Crippen LogP contribution in [-0.2, 0) is 16.8 Å². The van der Waals surface area contributed by atoms with E-state index in [2.05, 4.69) is 17.2 Å². The van der Waals surface area contributed by atoms with Gasteiger partial charge in [-0.25, -0.2) is 4.98 Å². The largest absolute Gasteiger partial charge is 0.317 e. The van der Waals surface area contributed by atoms with Gasteiger partial charge in [-0.3, -0.25) is 0 Å². The fourth-order valence-corrected chi connectivity index (χ4v) is 3.88. The molecule has 1 N–H and O–H groups in total. The molecule has 0 fully saturated rings. The van der Waals surface area contributed by atoms with E-state index < -0.39 is 10.2 Å². The summed E-state index contributed by atoms with van der Waals surface area (Å²) in [5, 5.41) is 3.27. The lowest BCUT2D eigenvalue weighted by molar-refractivity contribution is 0.385. The summed E-state index contributed by atoms with van der Waals surface area (Å²) in [5.74, 6) is 0. The predicted molar refractivity (Wildman–Crippen MR) is 87.6 cm³/mol. The van der Waals surface area contributed by atoms with Crippen LogP contribution in [0.2, 0.25) is 0 Å². The maximum absolute atomic E-state index is 12.4. The highest BCUT2D eigenvalue weighted by molar-refractivity contribution is 7.86. The SMILES string of the molecule is CCCNCCCN(C)S(=O)(=O)N(C)Cc1scnc1C. The highest BCUT2D eigenvalue weighted by atomic mass is 32.2. The number of hydrogen-bond donors (Lipinski definition) is 1. The Labute approximate surface area is 132 Å². The van der Waals surface area contributed by atoms with Crippen LogP contribution < -0.4 is 5.32 Å². The molecule has 8 heteroatoms. The van der Waals surface area contributed by atoms with Crippen molar-refractivity contribution < 1.29 is 8.42 Å². The van der Waals surface area contributed by atoms with Gasteiger partial charge in [-0.15, -0.1) is 11.3 Å². The number of thiazole rings is 1. The summed E-state index contributed by atoms with van der Waals surface area (Å²) in [5.41, 5.74) is 2.64. The second kappa shape index (κ2) is 8.79. The van der Waals surface area contributed by atoms with E-state index in [4.69, 9.17) is 0 Å². The first-order valence-electron chi connectivity index (χ1n) is 7.16. The van der Waals surface area contributed by atoms with Gasteiger partial charge in [-0.1, -0.05) is 6.92 Å². The molecule has 0 saturated heterocycles. The zero-order valence-electron chi connectivity index (χ0n) is 13.3. The molecular weight excluding hydrogens is 308 g/mol. The minimum Gasteiger partial charge on any atom is -0.317 e. The average molecular weight is 335 g/mol. The van der Waals surface area contributed by atoms with Gasteiger partial charge in [-0.2, -0.15) is 17.0 Å². The summed E-state index contributed by atoms with van der Waals surface area (Å²) in [6.07, 6.45) is 1.90. The molecule has 0 bridgehead atoms. The van der Waals surface area contributed by atoms with Crippen molar-refractivity contribution in [3.8, 4) is 0 Å². The van der Waals surface area contributed by atoms with E-state index in [9.17, 15) is 8.42 Å². The van der Waals surface area contributed by atoms with Crippen LogP contribution in [0, 0.1) is 6.92 Å². The first-order valence-corrected chi connectivity index (χ1v) is 9.44. The molecule has 0 aliphatic carbocycles. The molecule has 122 valence electrons. The average Bonchev–Trinajstić information content (AvgIpc) is 2.83. The Morgan fingerprint density at radius 1 is 1.29 bits per heavy atom. The van der Waals surface area contributed by atoms with Crippen molar-refractivity contribution in [2.75, 3.05) is 33.7 Å². The van der Waals surface area contributed by atoms with Gasteiger partial charge in [0, 0.05) is 25.5 Å². The van der Waals surface area contributed by atoms with E-state index in [1.807, 2.05) is 6.92 Å². The van der Waals surface area contributed by atoms with E-state index in [-0.39, 0.29) is 0 Å². The van der Waals surface area contributed by atoms with E-state index in [0.717, 1.165) is 36.5 Å². The van der Waals surface area contributed by atoms with Crippen LogP contribution in [0.5, 0.6) is 0 Å². The van der Waals surface area contributed by atoms with Gasteiger partial charge in [0.1, 0.15) is 0 Å². The summed E-state index contributed by atoms with van der Waals surface area (Å²) < 4.78 is 27.6. The second-order valence-electron chi connectivity index (χ2n) is 5.05. The quantitative estimate of drug-likeness (QED) is 0.658. The van der Waals surface area contributed by atoms with Crippen LogP contribution in [0.4, 0.5) is 0 Å². The highest BCUT2D eigenvalue weighted by Gasteiger charge is 2.24. The van der Waals surface area contributed by atoms with Gasteiger partial charge in [0.25, 0.3) is 10.2 Å². The normalized spacial score (nSPS) is 12.5. The maximum Gasteiger partial charge on any atom is 0.281 e. The minimum absolute atomic E-state index is 0.372. The molecule has 1 aromatic heterocycles. The van der Waals surface area contributed by atoms with Crippen LogP contribution in [0.1, 0.15) is 30.3 Å². The second-order valence-corrected chi connectivity index (χ2v) is 8.13. The minimum atomic E-state index is -3.41. The Morgan fingerprint density at radius 3 is 2.57 bits per heavy atom. The Kier molecular flexibility index (Phi) is 7.75. The number of nitrogens with one attached hydrogen (secondary N) is 1. The Balaban J connectivity index is 2.48. The first kappa shape index (κ1) is 18.5. The third-order valence-corrected chi connectivity index (χ3v) is 6.06. The molecule has 0 amide bonds. The van der Waals surface area contributed by atoms with Gasteiger partial charge in [-0.05, 0) is 32.9 Å². The topological polar surface area (TPSA) is 65.5 Å². The number of nitrogens with zero attached hydrogens (tertiary/aromatic N) is 3. The van der Waals surface area contributed by atoms with E-state index >= 15 is 0 Å². The van der Waals surface area contributed by atoms with Crippen LogP contribution in [0.25, 0.3) is 0 Å². The summed E-state index contributed by atoms with van der Waals surface area (Å²) in [4.78, 5) is 5.14. The first-order chi connectivity index (χ1) is 9.89. The van der Waals surface area contributed by atoms with Crippen LogP contribution in [0.15, 0.2) is 5.51 Å². The van der Waals surface area contributed by atoms with E-state index in [0.29, 0.717) is 13.1 Å². The van der Waals surface area contributed by atoms with Crippen molar-refractivity contribution in [1.82, 2.24) is 18.9 Å². The summed E-state index contributed by atoms with van der Waals surface area (Å²) in [7, 11) is -0.165. The standard InChI is InChI=1S/C13H26N4O2S2/c1-5-7-14-8-6-9-16(3)21(18,19)17(4)10-13-12(2)15-11-20-13/h11,14H,5-10H2,1-4H3. The van der Waals surface area contributed by atoms with Crippen molar-refractivity contribution in [3.63, 3.8) is 0 Å². The van der Waals surface area contributed by atoms with Crippen LogP contribution in [-0.4, -0.2) is 55.7 Å². The molecule has 1 rings (SSSR count). The molecule has 0 radical (unpaired) electrons. The maximum atomic E-state index is 12.4. The molecule has 0 aliphatic rings. The van der Waals surface area contributed by atoms with Gasteiger partial charge in [0.15, 0.2) is 0 Å². The lowest BCUT2D eigenvalue weighted by atomic mass is 10.4. The smallest absolute Gasteiger partial charge is 0.281 e. The molecule has 1 aromatic rings. The molecule has 0 atom stereocenters. The van der Waals surface area contributed by atoms with Crippen molar-refractivity contribution in [2.45, 2.75) is 33.2 Å². The van der Waals surface area contributed by atoms with Crippen molar-refractivity contribution in [2.24, 2.45) is 0 Å². The molecule has 21 heavy (non-hydrogen) atoms. The summed E-state index contributed by atoms with van der Waals surface area (Å²) in [6.45, 7) is 6.71. The lowest BCUT2D eigenvalue weighted by Crippen LogP contribution is -2.40. The lowest BCUT2D eigenvalue weighted by Gasteiger charge is -2.24. The number of aromatic nitrogens is 1. The summed E-state index contributed by atoms with van der Waals surface area (Å²) >= 11 is 1.49. The van der Waals surface area contributed by atoms with Crippen LogP contribution >= 0.6 is 11.3 Å². The third-order valence-electron chi connectivity index (χ3n) is 3.25. The van der Waals surface area contributed by atoms with Crippen molar-refractivity contribution in [3.05, 3.63) is 16.1 Å². The molecule has 6 nitrogen and oxygen atoms in total. The highest BCUT2D eigenvalue weighted by Crippen LogP contribution is 2.17. The molecular formula is C13H26N4O2S2. The number of hydrogen-bond acceptors (Lipinski definition) is 5. The zero-order valence-corrected chi connectivity index (χ0v) is 14.9. The van der Waals surface area contributed by atoms with Gasteiger partial charge >= 0.3 is 0 Å². The predicted octanol–water partition coefficient (Wildman–Crippen LogP) is 1.45. The fraction of sp³-hybridized carbons (Fsp3) is 0.769. The molecule has 0 unspecified atom stereocenters. The van der Waals surface area contributed by atoms with Crippen molar-refractivity contribution in [1.29, 1.82) is 0 Å². The molecule has 1 heterocycles. The molecule has 0 aromatic carbocycles. The monoisotopic (exact) mass is 334 g/mol. The zero-order chi connectivity index (χ0) is 15.9. The Bertz CT molecular complexity index is 516. The van der Waals surface area contributed by atoms with E-state index in [1.54, 1.807) is 19.6 Å². The van der Waals surface area contributed by atoms with Gasteiger partial charge in [0.05, 0.1) is 17.7 Å². The third kappa shape index (κ3) is 5.63. The fourth-order valence-electron chi connectivity index (χ4n) is 1.84.